The zero-order valence-electron chi connectivity index (χ0n) is 12.5. The molecule has 0 bridgehead atoms. The summed E-state index contributed by atoms with van der Waals surface area (Å²) in [6.45, 7) is 0. The van der Waals surface area contributed by atoms with Crippen molar-refractivity contribution in [2.45, 2.75) is 6.42 Å². The van der Waals surface area contributed by atoms with Crippen molar-refractivity contribution < 1.29 is 9.59 Å². The molecule has 24 heavy (non-hydrogen) atoms. The van der Waals surface area contributed by atoms with E-state index >= 15 is 0 Å². The van der Waals surface area contributed by atoms with Crippen molar-refractivity contribution in [1.82, 2.24) is 15.3 Å². The highest BCUT2D eigenvalue weighted by molar-refractivity contribution is 6.29. The molecular weight excluding hydrogens is 326 g/mol. The van der Waals surface area contributed by atoms with E-state index in [0.717, 1.165) is 26.9 Å². The van der Waals surface area contributed by atoms with E-state index in [1.807, 2.05) is 30.3 Å². The Morgan fingerprint density at radius 1 is 1.25 bits per heavy atom. The molecule has 1 amide bonds. The summed E-state index contributed by atoms with van der Waals surface area (Å²) >= 11 is 5.55. The first-order chi connectivity index (χ1) is 11.7. The Labute approximate surface area is 141 Å². The van der Waals surface area contributed by atoms with Gasteiger partial charge in [0.25, 0.3) is 0 Å². The van der Waals surface area contributed by atoms with E-state index in [1.54, 1.807) is 6.20 Å². The van der Waals surface area contributed by atoms with Gasteiger partial charge in [0.2, 0.25) is 5.91 Å². The van der Waals surface area contributed by atoms with Crippen molar-refractivity contribution in [3.05, 3.63) is 47.2 Å². The largest absolute Gasteiger partial charge is 0.322 e. The van der Waals surface area contributed by atoms with E-state index in [4.69, 9.17) is 11.6 Å². The van der Waals surface area contributed by atoms with Crippen molar-refractivity contribution in [1.29, 1.82) is 0 Å². The number of carbonyl (C=O) groups is 2. The summed E-state index contributed by atoms with van der Waals surface area (Å²) < 4.78 is 0. The number of nitrogens with zero attached hydrogens (tertiary/aromatic N) is 2. The van der Waals surface area contributed by atoms with Crippen LogP contribution in [0.25, 0.3) is 33.4 Å². The second kappa shape index (κ2) is 5.69. The first-order valence-corrected chi connectivity index (χ1v) is 7.97. The van der Waals surface area contributed by atoms with Gasteiger partial charge >= 0.3 is 0 Å². The fourth-order valence-electron chi connectivity index (χ4n) is 3.00. The molecule has 1 heterocycles. The summed E-state index contributed by atoms with van der Waals surface area (Å²) in [5.41, 5.74) is 1.17. The normalized spacial score (nSPS) is 13.7. The van der Waals surface area contributed by atoms with Crippen LogP contribution in [0.15, 0.2) is 36.8 Å². The lowest BCUT2D eigenvalue weighted by atomic mass is 9.98. The second-order valence-corrected chi connectivity index (χ2v) is 5.84. The molecule has 118 valence electrons. The number of alkyl halides is 1. The zero-order chi connectivity index (χ0) is 16.7. The zero-order valence-corrected chi connectivity index (χ0v) is 13.3. The Morgan fingerprint density at radius 3 is 2.96 bits per heavy atom. The van der Waals surface area contributed by atoms with Gasteiger partial charge < -0.3 is 5.32 Å². The fourth-order valence-corrected chi connectivity index (χ4v) is 3.07. The highest BCUT2D eigenvalue weighted by atomic mass is 35.5. The molecule has 0 saturated heterocycles. The van der Waals surface area contributed by atoms with Gasteiger partial charge in [-0.25, -0.2) is 9.97 Å². The van der Waals surface area contributed by atoms with Crippen LogP contribution >= 0.6 is 11.6 Å². The van der Waals surface area contributed by atoms with E-state index in [2.05, 4.69) is 15.3 Å². The minimum Gasteiger partial charge on any atom is -0.322 e. The van der Waals surface area contributed by atoms with E-state index in [-0.39, 0.29) is 24.0 Å². The maximum atomic E-state index is 12.2. The van der Waals surface area contributed by atoms with Gasteiger partial charge in [-0.2, -0.15) is 0 Å². The molecule has 0 saturated carbocycles. The average Bonchev–Trinajstić information content (AvgIpc) is 2.62. The number of benzene rings is 2. The predicted octanol–water partition coefficient (Wildman–Crippen LogP) is 1.000. The first kappa shape index (κ1) is 14.8. The van der Waals surface area contributed by atoms with Crippen molar-refractivity contribution in [2.24, 2.45) is 0 Å². The monoisotopic (exact) mass is 337 g/mol. The smallest absolute Gasteiger partial charge is 0.239 e. The van der Waals surface area contributed by atoms with Gasteiger partial charge in [-0.1, -0.05) is 12.1 Å². The van der Waals surface area contributed by atoms with Crippen LogP contribution in [0.2, 0.25) is 0 Å². The number of amides is 1. The van der Waals surface area contributed by atoms with Crippen LogP contribution in [0.1, 0.15) is 6.42 Å². The molecule has 4 rings (SSSR count). The lowest BCUT2D eigenvalue weighted by Crippen LogP contribution is -2.40. The number of ketones is 1. The summed E-state index contributed by atoms with van der Waals surface area (Å²) in [6.07, 6.45) is 5.42. The maximum Gasteiger partial charge on any atom is 0.239 e. The Morgan fingerprint density at radius 2 is 2.12 bits per heavy atom. The lowest BCUT2D eigenvalue weighted by molar-refractivity contribution is -0.119. The molecule has 0 atom stereocenters. The van der Waals surface area contributed by atoms with Gasteiger partial charge in [0.05, 0.1) is 11.2 Å². The number of hydrogen-bond donors (Lipinski definition) is 1. The Kier molecular flexibility index (Phi) is 3.50. The average molecular weight is 338 g/mol. The van der Waals surface area contributed by atoms with Crippen molar-refractivity contribution in [2.75, 3.05) is 5.88 Å². The number of halogens is 1. The number of rotatable bonds is 2. The fraction of sp³-hybridized carbons (Fsp3) is 0.111. The number of carbonyl (C=O) groups excluding carboxylic acids is 2. The molecule has 1 N–H and O–H groups in total. The third-order valence-corrected chi connectivity index (χ3v) is 4.36. The lowest BCUT2D eigenvalue weighted by Gasteiger charge is -2.12. The summed E-state index contributed by atoms with van der Waals surface area (Å²) in [5.74, 6) is -0.699. The molecule has 0 radical (unpaired) electrons. The summed E-state index contributed by atoms with van der Waals surface area (Å²) in [6, 6.07) is 7.78. The number of Topliss-reactive ketones (excluding diaryl/α,β-unsaturated/α-hetero) is 1. The van der Waals surface area contributed by atoms with E-state index in [1.165, 1.54) is 6.33 Å². The third-order valence-electron chi connectivity index (χ3n) is 4.12. The molecule has 6 heteroatoms. The van der Waals surface area contributed by atoms with Gasteiger partial charge in [0.15, 0.2) is 5.78 Å². The van der Waals surface area contributed by atoms with Crippen LogP contribution in [-0.4, -0.2) is 27.5 Å². The number of hydrogen-bond acceptors (Lipinski definition) is 4. The summed E-state index contributed by atoms with van der Waals surface area (Å²) in [5, 5.41) is 7.17. The summed E-state index contributed by atoms with van der Waals surface area (Å²) in [4.78, 5) is 32.2. The van der Waals surface area contributed by atoms with Crippen LogP contribution in [0, 0.1) is 0 Å². The van der Waals surface area contributed by atoms with Crippen LogP contribution in [-0.2, 0) is 9.59 Å². The van der Waals surface area contributed by atoms with Crippen molar-refractivity contribution >= 4 is 56.7 Å². The van der Waals surface area contributed by atoms with Crippen LogP contribution < -0.4 is 15.8 Å². The van der Waals surface area contributed by atoms with E-state index < -0.39 is 0 Å². The molecule has 2 aromatic carbocycles. The third kappa shape index (κ3) is 2.34. The quantitative estimate of drug-likeness (QED) is 0.559. The molecular formula is C18H12ClN3O2. The van der Waals surface area contributed by atoms with Crippen LogP contribution in [0.3, 0.4) is 0 Å². The Hall–Kier alpha value is -2.79. The van der Waals surface area contributed by atoms with Crippen molar-refractivity contribution in [3.63, 3.8) is 0 Å². The predicted molar refractivity (Wildman–Crippen MR) is 92.7 cm³/mol. The molecule has 1 aliphatic rings. The highest BCUT2D eigenvalue weighted by Crippen LogP contribution is 2.21. The maximum absolute atomic E-state index is 12.2. The highest BCUT2D eigenvalue weighted by Gasteiger charge is 2.17. The first-order valence-electron chi connectivity index (χ1n) is 7.43. The topological polar surface area (TPSA) is 72.0 Å². The SMILES string of the molecule is O=C(CCl)NC1=c2cc3ccc4ncncc4c3cc2=CCC1=O. The van der Waals surface area contributed by atoms with Gasteiger partial charge in [-0.05, 0) is 34.2 Å². The molecule has 0 unspecified atom stereocenters. The van der Waals surface area contributed by atoms with Crippen LogP contribution in [0.4, 0.5) is 0 Å². The Balaban J connectivity index is 2.08. The van der Waals surface area contributed by atoms with Gasteiger partial charge in [0, 0.05) is 23.2 Å². The van der Waals surface area contributed by atoms with Gasteiger partial charge in [-0.3, -0.25) is 9.59 Å². The summed E-state index contributed by atoms with van der Waals surface area (Å²) in [7, 11) is 0. The molecule has 0 spiro atoms. The number of nitrogens with one attached hydrogen (secondary N) is 1. The minimum atomic E-state index is -0.389. The minimum absolute atomic E-state index is 0.121. The van der Waals surface area contributed by atoms with Gasteiger partial charge in [-0.15, -0.1) is 11.6 Å². The van der Waals surface area contributed by atoms with E-state index in [9.17, 15) is 9.59 Å². The molecule has 3 aromatic rings. The van der Waals surface area contributed by atoms with Gasteiger partial charge in [0.1, 0.15) is 12.2 Å². The number of fused-ring (bicyclic) bond motifs is 4. The Bertz CT molecular complexity index is 1140. The molecule has 0 fully saturated rings. The standard InChI is InChI=1S/C18H12ClN3O2/c19-7-17(24)22-18-13-6-10-1-3-15-14(8-20-9-21-15)12(10)5-11(13)2-4-16(18)23/h1-3,5-6,8-9H,4,7H2,(H,22,24). The molecule has 1 aliphatic carbocycles. The molecule has 0 aliphatic heterocycles. The second-order valence-electron chi connectivity index (χ2n) is 5.57. The van der Waals surface area contributed by atoms with E-state index in [0.29, 0.717) is 10.9 Å². The number of aromatic nitrogens is 2. The van der Waals surface area contributed by atoms with Crippen molar-refractivity contribution in [3.8, 4) is 0 Å². The molecule has 1 aromatic heterocycles. The molecule has 5 nitrogen and oxygen atoms in total. The van der Waals surface area contributed by atoms with Crippen LogP contribution in [0.5, 0.6) is 0 Å².